The number of benzene rings is 2. The first-order chi connectivity index (χ1) is 12.3. The van der Waals surface area contributed by atoms with Crippen LogP contribution in [0.15, 0.2) is 70.6 Å². The molecule has 5 nitrogen and oxygen atoms in total. The lowest BCUT2D eigenvalue weighted by molar-refractivity contribution is 0.318. The van der Waals surface area contributed by atoms with Gasteiger partial charge < -0.3 is 4.74 Å². The molecule has 1 aromatic heterocycles. The zero-order valence-corrected chi connectivity index (χ0v) is 14.7. The molecule has 0 atom stereocenters. The molecule has 0 aliphatic rings. The summed E-state index contributed by atoms with van der Waals surface area (Å²) < 4.78 is 7.38. The van der Waals surface area contributed by atoms with Gasteiger partial charge in [-0.15, -0.1) is 5.10 Å². The van der Waals surface area contributed by atoms with Crippen LogP contribution in [-0.4, -0.2) is 27.1 Å². The molecule has 130 valence electrons. The fraction of sp³-hybridized carbons (Fsp3) is 0.263. The molecule has 2 aromatic carbocycles. The third kappa shape index (κ3) is 5.26. The number of aryl methyl sites for hydroxylation is 1. The van der Waals surface area contributed by atoms with Crippen molar-refractivity contribution in [2.24, 2.45) is 0 Å². The number of ether oxygens (including phenoxy) is 1. The van der Waals surface area contributed by atoms with Crippen molar-refractivity contribution in [3.8, 4) is 5.75 Å². The average molecular weight is 355 g/mol. The van der Waals surface area contributed by atoms with Crippen LogP contribution in [-0.2, 0) is 13.0 Å². The first-order valence-corrected chi connectivity index (χ1v) is 9.31. The molecule has 3 aromatic rings. The molecule has 0 amide bonds. The van der Waals surface area contributed by atoms with Gasteiger partial charge in [0.15, 0.2) is 5.16 Å². The van der Waals surface area contributed by atoms with Gasteiger partial charge >= 0.3 is 5.69 Å². The van der Waals surface area contributed by atoms with E-state index in [1.54, 1.807) is 16.3 Å². The topological polar surface area (TPSA) is 59.9 Å². The van der Waals surface area contributed by atoms with Gasteiger partial charge in [0.2, 0.25) is 0 Å². The van der Waals surface area contributed by atoms with E-state index < -0.39 is 0 Å². The number of nitrogens with one attached hydrogen (secondary N) is 1. The van der Waals surface area contributed by atoms with Crippen LogP contribution in [0.1, 0.15) is 12.0 Å². The molecule has 0 bridgehead atoms. The maximum absolute atomic E-state index is 11.9. The molecule has 0 aliphatic carbocycles. The SMILES string of the molecule is O=c1[nH]nc(SCCCOc2ccccc2)n1CCc1ccccc1. The third-order valence-corrected chi connectivity index (χ3v) is 4.78. The van der Waals surface area contributed by atoms with Crippen molar-refractivity contribution >= 4 is 11.8 Å². The fourth-order valence-electron chi connectivity index (χ4n) is 2.43. The monoisotopic (exact) mass is 355 g/mol. The Morgan fingerprint density at radius 3 is 2.52 bits per heavy atom. The second-order valence-electron chi connectivity index (χ2n) is 5.56. The summed E-state index contributed by atoms with van der Waals surface area (Å²) in [6.07, 6.45) is 1.70. The van der Waals surface area contributed by atoms with E-state index in [9.17, 15) is 4.79 Å². The lowest BCUT2D eigenvalue weighted by atomic mass is 10.1. The minimum atomic E-state index is -0.154. The highest BCUT2D eigenvalue weighted by Gasteiger charge is 2.08. The molecule has 0 unspecified atom stereocenters. The van der Waals surface area contributed by atoms with E-state index in [1.165, 1.54) is 5.56 Å². The average Bonchev–Trinajstić information content (AvgIpc) is 3.01. The number of thioether (sulfide) groups is 1. The number of hydrogen-bond donors (Lipinski definition) is 1. The molecule has 25 heavy (non-hydrogen) atoms. The minimum absolute atomic E-state index is 0.154. The van der Waals surface area contributed by atoms with Gasteiger partial charge in [-0.2, -0.15) is 0 Å². The third-order valence-electron chi connectivity index (χ3n) is 3.72. The second-order valence-corrected chi connectivity index (χ2v) is 6.62. The number of hydrogen-bond acceptors (Lipinski definition) is 4. The maximum atomic E-state index is 11.9. The molecule has 1 N–H and O–H groups in total. The van der Waals surface area contributed by atoms with Crippen molar-refractivity contribution in [3.05, 3.63) is 76.7 Å². The van der Waals surface area contributed by atoms with Crippen LogP contribution in [0.3, 0.4) is 0 Å². The largest absolute Gasteiger partial charge is 0.494 e. The summed E-state index contributed by atoms with van der Waals surface area (Å²) in [5.41, 5.74) is 1.06. The lowest BCUT2D eigenvalue weighted by Crippen LogP contribution is -2.19. The van der Waals surface area contributed by atoms with Crippen molar-refractivity contribution in [1.82, 2.24) is 14.8 Å². The van der Waals surface area contributed by atoms with E-state index in [1.807, 2.05) is 48.5 Å². The van der Waals surface area contributed by atoms with Gasteiger partial charge in [0.25, 0.3) is 0 Å². The zero-order chi connectivity index (χ0) is 17.3. The van der Waals surface area contributed by atoms with E-state index in [0.717, 1.165) is 29.5 Å². The molecular formula is C19H21N3O2S. The van der Waals surface area contributed by atoms with Crippen molar-refractivity contribution in [3.63, 3.8) is 0 Å². The number of aromatic nitrogens is 3. The van der Waals surface area contributed by atoms with Gasteiger partial charge in [0.1, 0.15) is 5.75 Å². The lowest BCUT2D eigenvalue weighted by Gasteiger charge is -2.07. The van der Waals surface area contributed by atoms with E-state index in [0.29, 0.717) is 13.2 Å². The van der Waals surface area contributed by atoms with Crippen LogP contribution in [0.5, 0.6) is 5.75 Å². The maximum Gasteiger partial charge on any atom is 0.343 e. The smallest absolute Gasteiger partial charge is 0.343 e. The number of H-pyrrole nitrogens is 1. The molecule has 0 spiro atoms. The number of rotatable bonds is 9. The van der Waals surface area contributed by atoms with Crippen molar-refractivity contribution in [2.45, 2.75) is 24.5 Å². The summed E-state index contributed by atoms with van der Waals surface area (Å²) in [4.78, 5) is 11.9. The molecule has 6 heteroatoms. The standard InChI is InChI=1S/C19H21N3O2S/c23-18-20-21-19(22(18)13-12-16-8-3-1-4-9-16)25-15-7-14-24-17-10-5-2-6-11-17/h1-6,8-11H,7,12-15H2,(H,20,23). The number of nitrogens with zero attached hydrogens (tertiary/aromatic N) is 2. The molecule has 0 saturated carbocycles. The van der Waals surface area contributed by atoms with E-state index >= 15 is 0 Å². The van der Waals surface area contributed by atoms with Gasteiger partial charge in [-0.05, 0) is 30.5 Å². The van der Waals surface area contributed by atoms with Crippen molar-refractivity contribution < 1.29 is 4.74 Å². The molecular weight excluding hydrogens is 334 g/mol. The predicted molar refractivity (Wildman–Crippen MR) is 100 cm³/mol. The van der Waals surface area contributed by atoms with Crippen LogP contribution >= 0.6 is 11.8 Å². The first kappa shape index (κ1) is 17.4. The van der Waals surface area contributed by atoms with Gasteiger partial charge in [0.05, 0.1) is 6.61 Å². The van der Waals surface area contributed by atoms with Crippen LogP contribution in [0, 0.1) is 0 Å². The van der Waals surface area contributed by atoms with Gasteiger partial charge in [-0.1, -0.05) is 60.3 Å². The number of aromatic amines is 1. The summed E-state index contributed by atoms with van der Waals surface area (Å²) in [5, 5.41) is 7.41. The molecule has 1 heterocycles. The Morgan fingerprint density at radius 2 is 1.76 bits per heavy atom. The Balaban J connectivity index is 1.45. The Morgan fingerprint density at radius 1 is 1.04 bits per heavy atom. The Labute approximate surface area is 151 Å². The summed E-state index contributed by atoms with van der Waals surface area (Å²) in [5.74, 6) is 1.73. The molecule has 0 radical (unpaired) electrons. The van der Waals surface area contributed by atoms with E-state index in [4.69, 9.17) is 4.74 Å². The first-order valence-electron chi connectivity index (χ1n) is 8.33. The molecule has 0 aliphatic heterocycles. The fourth-order valence-corrected chi connectivity index (χ4v) is 3.31. The van der Waals surface area contributed by atoms with Crippen molar-refractivity contribution in [2.75, 3.05) is 12.4 Å². The van der Waals surface area contributed by atoms with Crippen LogP contribution in [0.4, 0.5) is 0 Å². The van der Waals surface area contributed by atoms with Gasteiger partial charge in [-0.3, -0.25) is 4.57 Å². The quantitative estimate of drug-likeness (QED) is 0.472. The summed E-state index contributed by atoms with van der Waals surface area (Å²) in [6.45, 7) is 1.28. The zero-order valence-electron chi connectivity index (χ0n) is 13.9. The normalized spacial score (nSPS) is 10.7. The number of para-hydroxylation sites is 1. The van der Waals surface area contributed by atoms with Gasteiger partial charge in [-0.25, -0.2) is 9.89 Å². The Bertz CT molecular complexity index is 815. The summed E-state index contributed by atoms with van der Waals surface area (Å²) in [6, 6.07) is 19.9. The van der Waals surface area contributed by atoms with Crippen LogP contribution in [0.25, 0.3) is 0 Å². The van der Waals surface area contributed by atoms with Crippen LogP contribution < -0.4 is 10.4 Å². The molecule has 3 rings (SSSR count). The summed E-state index contributed by atoms with van der Waals surface area (Å²) in [7, 11) is 0. The minimum Gasteiger partial charge on any atom is -0.494 e. The molecule has 0 saturated heterocycles. The molecule has 0 fully saturated rings. The Kier molecular flexibility index (Phi) is 6.34. The van der Waals surface area contributed by atoms with Gasteiger partial charge in [0, 0.05) is 12.3 Å². The summed E-state index contributed by atoms with van der Waals surface area (Å²) >= 11 is 1.58. The van der Waals surface area contributed by atoms with Crippen LogP contribution in [0.2, 0.25) is 0 Å². The predicted octanol–water partition coefficient (Wildman–Crippen LogP) is 3.38. The van der Waals surface area contributed by atoms with E-state index in [2.05, 4.69) is 22.3 Å². The van der Waals surface area contributed by atoms with Crippen molar-refractivity contribution in [1.29, 1.82) is 0 Å². The highest BCUT2D eigenvalue weighted by atomic mass is 32.2. The second kappa shape index (κ2) is 9.13. The van der Waals surface area contributed by atoms with E-state index in [-0.39, 0.29) is 5.69 Å². The highest BCUT2D eigenvalue weighted by Crippen LogP contribution is 2.16. The highest BCUT2D eigenvalue weighted by molar-refractivity contribution is 7.99. The Hall–Kier alpha value is -2.47.